The molecule has 0 aromatic carbocycles. The fourth-order valence-corrected chi connectivity index (χ4v) is 4.37. The van der Waals surface area contributed by atoms with Crippen LogP contribution in [-0.4, -0.2) is 50.8 Å². The molecule has 0 bridgehead atoms. The van der Waals surface area contributed by atoms with Gasteiger partial charge < -0.3 is 19.0 Å². The van der Waals surface area contributed by atoms with Crippen molar-refractivity contribution in [2.24, 2.45) is 5.92 Å². The molecule has 1 unspecified atom stereocenters. The molecular formula is C25H34N6O3. The van der Waals surface area contributed by atoms with Crippen molar-refractivity contribution in [1.29, 1.82) is 0 Å². The van der Waals surface area contributed by atoms with E-state index >= 15 is 0 Å². The van der Waals surface area contributed by atoms with Crippen molar-refractivity contribution in [3.05, 3.63) is 64.9 Å². The second-order valence-electron chi connectivity index (χ2n) is 9.28. The zero-order chi connectivity index (χ0) is 24.1. The Labute approximate surface area is 200 Å². The molecule has 34 heavy (non-hydrogen) atoms. The summed E-state index contributed by atoms with van der Waals surface area (Å²) in [7, 11) is 1.59. The average molecular weight is 467 g/mol. The van der Waals surface area contributed by atoms with E-state index in [-0.39, 0.29) is 17.7 Å². The molecule has 0 saturated carbocycles. The highest BCUT2D eigenvalue weighted by Crippen LogP contribution is 2.23. The molecule has 182 valence electrons. The topological polar surface area (TPSA) is 98.3 Å². The van der Waals surface area contributed by atoms with Crippen molar-refractivity contribution in [1.82, 2.24) is 30.0 Å². The van der Waals surface area contributed by atoms with E-state index in [1.807, 2.05) is 13.0 Å². The molecule has 4 rings (SSSR count). The molecule has 0 saturated heterocycles. The van der Waals surface area contributed by atoms with Gasteiger partial charge >= 0.3 is 0 Å². The summed E-state index contributed by atoms with van der Waals surface area (Å²) >= 11 is 0. The van der Waals surface area contributed by atoms with Gasteiger partial charge in [0, 0.05) is 45.4 Å². The van der Waals surface area contributed by atoms with Crippen LogP contribution in [0.4, 0.5) is 0 Å². The van der Waals surface area contributed by atoms with Crippen LogP contribution >= 0.6 is 0 Å². The van der Waals surface area contributed by atoms with Gasteiger partial charge in [-0.25, -0.2) is 0 Å². The van der Waals surface area contributed by atoms with Gasteiger partial charge in [-0.15, -0.1) is 10.2 Å². The fourth-order valence-electron chi connectivity index (χ4n) is 4.37. The van der Waals surface area contributed by atoms with E-state index in [1.54, 1.807) is 19.2 Å². The molecule has 4 heterocycles. The number of ether oxygens (including phenoxy) is 1. The van der Waals surface area contributed by atoms with Crippen LogP contribution in [0.5, 0.6) is 0 Å². The molecule has 1 aliphatic rings. The number of aromatic nitrogens is 4. The van der Waals surface area contributed by atoms with Crippen LogP contribution in [0.1, 0.15) is 65.7 Å². The molecule has 3 aromatic rings. The Balaban J connectivity index is 1.48. The number of pyridine rings is 1. The Hall–Kier alpha value is -3.04. The van der Waals surface area contributed by atoms with Crippen LogP contribution in [-0.2, 0) is 30.9 Å². The van der Waals surface area contributed by atoms with Gasteiger partial charge in [-0.2, -0.15) is 0 Å². The number of methoxy groups -OCH3 is 1. The molecule has 1 atom stereocenters. The van der Waals surface area contributed by atoms with Crippen LogP contribution in [0, 0.1) is 12.8 Å². The number of aryl methyl sites for hydroxylation is 1. The van der Waals surface area contributed by atoms with Crippen LogP contribution in [0.2, 0.25) is 0 Å². The molecular weight excluding hydrogens is 432 g/mol. The Morgan fingerprint density at radius 3 is 2.79 bits per heavy atom. The lowest BCUT2D eigenvalue weighted by atomic mass is 10.0. The molecule has 0 radical (unpaired) electrons. The van der Waals surface area contributed by atoms with Gasteiger partial charge in [0.2, 0.25) is 0 Å². The van der Waals surface area contributed by atoms with Gasteiger partial charge in [0.25, 0.3) is 5.91 Å². The molecule has 0 fully saturated rings. The summed E-state index contributed by atoms with van der Waals surface area (Å²) in [6.45, 7) is 9.96. The lowest BCUT2D eigenvalue weighted by Crippen LogP contribution is -2.32. The minimum Gasteiger partial charge on any atom is -0.453 e. The van der Waals surface area contributed by atoms with Crippen molar-refractivity contribution in [3.63, 3.8) is 0 Å². The van der Waals surface area contributed by atoms with Crippen molar-refractivity contribution >= 4 is 5.91 Å². The summed E-state index contributed by atoms with van der Waals surface area (Å²) in [6, 6.07) is 9.33. The average Bonchev–Trinajstić information content (AvgIpc) is 3.38. The summed E-state index contributed by atoms with van der Waals surface area (Å²) in [5.74, 6) is 2.76. The summed E-state index contributed by atoms with van der Waals surface area (Å²) in [4.78, 5) is 20.0. The highest BCUT2D eigenvalue weighted by atomic mass is 16.5. The van der Waals surface area contributed by atoms with E-state index in [9.17, 15) is 4.79 Å². The zero-order valence-corrected chi connectivity index (χ0v) is 20.5. The third-order valence-electron chi connectivity index (χ3n) is 5.98. The predicted molar refractivity (Wildman–Crippen MR) is 127 cm³/mol. The number of amides is 1. The number of furan rings is 1. The third-order valence-corrected chi connectivity index (χ3v) is 5.98. The third kappa shape index (κ3) is 5.90. The first-order valence-electron chi connectivity index (χ1n) is 11.9. The van der Waals surface area contributed by atoms with E-state index in [2.05, 4.69) is 55.9 Å². The molecule has 0 spiro atoms. The van der Waals surface area contributed by atoms with Crippen LogP contribution in [0.3, 0.4) is 0 Å². The summed E-state index contributed by atoms with van der Waals surface area (Å²) in [5, 5.41) is 12.1. The van der Waals surface area contributed by atoms with Gasteiger partial charge in [0.15, 0.2) is 11.6 Å². The first-order valence-corrected chi connectivity index (χ1v) is 11.9. The van der Waals surface area contributed by atoms with Gasteiger partial charge in [-0.05, 0) is 43.5 Å². The normalized spacial score (nSPS) is 15.2. The molecule has 1 aliphatic heterocycles. The number of nitrogens with one attached hydrogen (secondary N) is 1. The Kier molecular flexibility index (Phi) is 7.74. The van der Waals surface area contributed by atoms with Crippen molar-refractivity contribution in [2.45, 2.75) is 59.4 Å². The van der Waals surface area contributed by atoms with Gasteiger partial charge in [-0.3, -0.25) is 14.7 Å². The molecule has 1 amide bonds. The molecule has 9 nitrogen and oxygen atoms in total. The minimum atomic E-state index is -0.258. The number of fused-ring (bicyclic) bond motifs is 1. The van der Waals surface area contributed by atoms with Crippen molar-refractivity contribution in [2.75, 3.05) is 20.2 Å². The number of hydrogen-bond acceptors (Lipinski definition) is 7. The maximum atomic E-state index is 12.9. The summed E-state index contributed by atoms with van der Waals surface area (Å²) in [6.07, 6.45) is 1.56. The van der Waals surface area contributed by atoms with Crippen molar-refractivity contribution < 1.29 is 13.9 Å². The predicted octanol–water partition coefficient (Wildman–Crippen LogP) is 3.30. The minimum absolute atomic E-state index is 0.255. The number of rotatable bonds is 9. The van der Waals surface area contributed by atoms with Crippen LogP contribution in [0.15, 0.2) is 34.7 Å². The lowest BCUT2D eigenvalue weighted by molar-refractivity contribution is 0.0892. The van der Waals surface area contributed by atoms with Gasteiger partial charge in [0.05, 0.1) is 11.7 Å². The standard InChI is InChI=1S/C25H34N6O3/c1-17(2)14-21(27-25(32)22-9-8-20(34-22)16-33-4)24-29-28-23-10-11-30(12-13-31(23)24)15-19-7-5-6-18(3)26-19/h5-9,17,21H,10-16H2,1-4H3,(H,27,32). The van der Waals surface area contributed by atoms with Crippen molar-refractivity contribution in [3.8, 4) is 0 Å². The molecule has 9 heteroatoms. The monoisotopic (exact) mass is 466 g/mol. The van der Waals surface area contributed by atoms with Gasteiger partial charge in [0.1, 0.15) is 18.2 Å². The quantitative estimate of drug-likeness (QED) is 0.517. The number of hydrogen-bond donors (Lipinski definition) is 1. The summed E-state index contributed by atoms with van der Waals surface area (Å²) in [5.41, 5.74) is 2.11. The highest BCUT2D eigenvalue weighted by molar-refractivity contribution is 5.91. The first-order chi connectivity index (χ1) is 16.4. The van der Waals surface area contributed by atoms with Crippen LogP contribution in [0.25, 0.3) is 0 Å². The van der Waals surface area contributed by atoms with Gasteiger partial charge in [-0.1, -0.05) is 19.9 Å². The van der Waals surface area contributed by atoms with Crippen LogP contribution < -0.4 is 5.32 Å². The maximum Gasteiger partial charge on any atom is 0.287 e. The second-order valence-corrected chi connectivity index (χ2v) is 9.28. The molecule has 1 N–H and O–H groups in total. The summed E-state index contributed by atoms with van der Waals surface area (Å²) < 4.78 is 12.9. The second kappa shape index (κ2) is 10.9. The van der Waals surface area contributed by atoms with E-state index in [1.165, 1.54) is 0 Å². The van der Waals surface area contributed by atoms with E-state index in [0.29, 0.717) is 18.3 Å². The Morgan fingerprint density at radius 2 is 2.03 bits per heavy atom. The van der Waals surface area contributed by atoms with E-state index in [4.69, 9.17) is 9.15 Å². The zero-order valence-electron chi connectivity index (χ0n) is 20.5. The largest absolute Gasteiger partial charge is 0.453 e. The number of nitrogens with zero attached hydrogens (tertiary/aromatic N) is 5. The fraction of sp³-hybridized carbons (Fsp3) is 0.520. The first kappa shape index (κ1) is 24.1. The van der Waals surface area contributed by atoms with E-state index < -0.39 is 0 Å². The molecule has 0 aliphatic carbocycles. The number of carbonyl (C=O) groups is 1. The lowest BCUT2D eigenvalue weighted by Gasteiger charge is -2.22. The smallest absolute Gasteiger partial charge is 0.287 e. The Bertz CT molecular complexity index is 1110. The SMILES string of the molecule is COCc1ccc(C(=O)NC(CC(C)C)c2nnc3n2CCN(Cc2cccc(C)n2)CC3)o1. The number of carbonyl (C=O) groups excluding carboxylic acids is 1. The Morgan fingerprint density at radius 1 is 1.18 bits per heavy atom. The molecule has 3 aromatic heterocycles. The highest BCUT2D eigenvalue weighted by Gasteiger charge is 2.27. The van der Waals surface area contributed by atoms with E-state index in [0.717, 1.165) is 62.1 Å². The maximum absolute atomic E-state index is 12.9.